The fourth-order valence-corrected chi connectivity index (χ4v) is 2.38. The van der Waals surface area contributed by atoms with Crippen LogP contribution in [-0.4, -0.2) is 10.9 Å². The molecule has 20 heavy (non-hydrogen) atoms. The number of H-pyrrole nitrogens is 1. The summed E-state index contributed by atoms with van der Waals surface area (Å²) in [5.41, 5.74) is 2.71. The Hall–Kier alpha value is -2.26. The van der Waals surface area contributed by atoms with Crippen LogP contribution in [0.4, 0.5) is 5.69 Å². The van der Waals surface area contributed by atoms with Crippen LogP contribution >= 0.6 is 11.6 Å². The number of carbonyl (C=O) groups excluding carboxylic acids is 1. The molecule has 1 aromatic heterocycles. The smallest absolute Gasteiger partial charge is 0.228 e. The Bertz CT molecular complexity index is 750. The van der Waals surface area contributed by atoms with E-state index in [4.69, 9.17) is 11.6 Å². The molecule has 0 aliphatic rings. The molecule has 0 saturated heterocycles. The van der Waals surface area contributed by atoms with Gasteiger partial charge in [0.25, 0.3) is 0 Å². The lowest BCUT2D eigenvalue weighted by Gasteiger charge is -2.04. The Morgan fingerprint density at radius 2 is 1.95 bits per heavy atom. The van der Waals surface area contributed by atoms with Crippen molar-refractivity contribution in [2.24, 2.45) is 0 Å². The second-order valence-corrected chi connectivity index (χ2v) is 5.03. The molecule has 1 amide bonds. The molecule has 100 valence electrons. The maximum Gasteiger partial charge on any atom is 0.228 e. The highest BCUT2D eigenvalue weighted by Crippen LogP contribution is 2.22. The number of para-hydroxylation sites is 1. The molecule has 3 rings (SSSR count). The van der Waals surface area contributed by atoms with Gasteiger partial charge < -0.3 is 10.3 Å². The van der Waals surface area contributed by atoms with Crippen LogP contribution in [0.1, 0.15) is 5.56 Å². The minimum absolute atomic E-state index is 0.0351. The number of aromatic nitrogens is 1. The Morgan fingerprint density at radius 3 is 2.75 bits per heavy atom. The summed E-state index contributed by atoms with van der Waals surface area (Å²) in [6, 6.07) is 15.1. The SMILES string of the molecule is O=C(Cc1c[nH]c2cc(Cl)ccc12)Nc1ccccc1. The number of hydrogen-bond acceptors (Lipinski definition) is 1. The number of carbonyl (C=O) groups is 1. The normalized spacial score (nSPS) is 10.7. The third-order valence-electron chi connectivity index (χ3n) is 3.14. The molecule has 2 aromatic carbocycles. The maximum atomic E-state index is 12.0. The predicted molar refractivity (Wildman–Crippen MR) is 82.1 cm³/mol. The first kappa shape index (κ1) is 12.8. The topological polar surface area (TPSA) is 44.9 Å². The molecule has 0 saturated carbocycles. The molecule has 0 fully saturated rings. The van der Waals surface area contributed by atoms with E-state index in [1.54, 1.807) is 0 Å². The van der Waals surface area contributed by atoms with Gasteiger partial charge in [0.2, 0.25) is 5.91 Å². The fourth-order valence-electron chi connectivity index (χ4n) is 2.20. The van der Waals surface area contributed by atoms with Crippen molar-refractivity contribution >= 4 is 34.1 Å². The van der Waals surface area contributed by atoms with Crippen LogP contribution in [0.2, 0.25) is 5.02 Å². The van der Waals surface area contributed by atoms with Gasteiger partial charge >= 0.3 is 0 Å². The molecule has 0 spiro atoms. The third kappa shape index (κ3) is 2.68. The van der Waals surface area contributed by atoms with Crippen LogP contribution in [0.5, 0.6) is 0 Å². The molecule has 3 aromatic rings. The highest BCUT2D eigenvalue weighted by atomic mass is 35.5. The van der Waals surface area contributed by atoms with E-state index in [0.717, 1.165) is 22.2 Å². The summed E-state index contributed by atoms with van der Waals surface area (Å²) in [4.78, 5) is 15.2. The number of benzene rings is 2. The molecular weight excluding hydrogens is 272 g/mol. The van der Waals surface area contributed by atoms with Crippen molar-refractivity contribution in [3.05, 3.63) is 65.3 Å². The second-order valence-electron chi connectivity index (χ2n) is 4.59. The van der Waals surface area contributed by atoms with E-state index in [1.807, 2.05) is 54.7 Å². The van der Waals surface area contributed by atoms with Crippen molar-refractivity contribution in [3.63, 3.8) is 0 Å². The standard InChI is InChI=1S/C16H13ClN2O/c17-12-6-7-14-11(10-18-15(14)9-12)8-16(20)19-13-4-2-1-3-5-13/h1-7,9-10,18H,8H2,(H,19,20). The Kier molecular flexibility index (Phi) is 3.44. The summed E-state index contributed by atoms with van der Waals surface area (Å²) in [7, 11) is 0. The second kappa shape index (κ2) is 5.39. The molecule has 4 heteroatoms. The lowest BCUT2D eigenvalue weighted by molar-refractivity contribution is -0.115. The number of nitrogens with one attached hydrogen (secondary N) is 2. The Labute approximate surface area is 121 Å². The molecule has 0 bridgehead atoms. The fraction of sp³-hybridized carbons (Fsp3) is 0.0625. The molecule has 1 heterocycles. The number of hydrogen-bond donors (Lipinski definition) is 2. The van der Waals surface area contributed by atoms with Crippen molar-refractivity contribution in [2.75, 3.05) is 5.32 Å². The molecule has 0 unspecified atom stereocenters. The first-order chi connectivity index (χ1) is 9.72. The van der Waals surface area contributed by atoms with Crippen molar-refractivity contribution in [3.8, 4) is 0 Å². The maximum absolute atomic E-state index is 12.0. The van der Waals surface area contributed by atoms with E-state index in [0.29, 0.717) is 11.4 Å². The number of fused-ring (bicyclic) bond motifs is 1. The summed E-state index contributed by atoms with van der Waals surface area (Å²) in [6.45, 7) is 0. The number of halogens is 1. The van der Waals surface area contributed by atoms with Gasteiger partial charge in [0, 0.05) is 27.8 Å². The van der Waals surface area contributed by atoms with Gasteiger partial charge in [-0.2, -0.15) is 0 Å². The third-order valence-corrected chi connectivity index (χ3v) is 3.37. The van der Waals surface area contributed by atoms with Crippen molar-refractivity contribution in [1.29, 1.82) is 0 Å². The van der Waals surface area contributed by atoms with Gasteiger partial charge in [-0.05, 0) is 29.8 Å². The largest absolute Gasteiger partial charge is 0.361 e. The molecular formula is C16H13ClN2O. The van der Waals surface area contributed by atoms with Gasteiger partial charge in [-0.3, -0.25) is 4.79 Å². The quantitative estimate of drug-likeness (QED) is 0.750. The molecule has 0 atom stereocenters. The van der Waals surface area contributed by atoms with Crippen molar-refractivity contribution in [1.82, 2.24) is 4.98 Å². The summed E-state index contributed by atoms with van der Waals surface area (Å²) in [5.74, 6) is -0.0351. The van der Waals surface area contributed by atoms with Crippen LogP contribution in [0.15, 0.2) is 54.7 Å². The van der Waals surface area contributed by atoms with E-state index in [9.17, 15) is 4.79 Å². The van der Waals surface area contributed by atoms with E-state index < -0.39 is 0 Å². The van der Waals surface area contributed by atoms with Gasteiger partial charge in [-0.1, -0.05) is 35.9 Å². The van der Waals surface area contributed by atoms with Crippen LogP contribution in [0.3, 0.4) is 0 Å². The number of amides is 1. The summed E-state index contributed by atoms with van der Waals surface area (Å²) >= 11 is 5.94. The van der Waals surface area contributed by atoms with Crippen molar-refractivity contribution in [2.45, 2.75) is 6.42 Å². The minimum Gasteiger partial charge on any atom is -0.361 e. The summed E-state index contributed by atoms with van der Waals surface area (Å²) < 4.78 is 0. The first-order valence-corrected chi connectivity index (χ1v) is 6.70. The summed E-state index contributed by atoms with van der Waals surface area (Å²) in [5, 5.41) is 4.58. The van der Waals surface area contributed by atoms with Crippen LogP contribution in [0.25, 0.3) is 10.9 Å². The lowest BCUT2D eigenvalue weighted by atomic mass is 10.1. The Balaban J connectivity index is 1.78. The predicted octanol–water partition coefficient (Wildman–Crippen LogP) is 4.00. The van der Waals surface area contributed by atoms with Gasteiger partial charge in [0.1, 0.15) is 0 Å². The van der Waals surface area contributed by atoms with Crippen LogP contribution in [-0.2, 0) is 11.2 Å². The zero-order valence-corrected chi connectivity index (χ0v) is 11.4. The molecule has 3 nitrogen and oxygen atoms in total. The average Bonchev–Trinajstić information content (AvgIpc) is 2.82. The summed E-state index contributed by atoms with van der Waals surface area (Å²) in [6.07, 6.45) is 2.18. The lowest BCUT2D eigenvalue weighted by Crippen LogP contribution is -2.13. The van der Waals surface area contributed by atoms with Crippen LogP contribution < -0.4 is 5.32 Å². The average molecular weight is 285 g/mol. The molecule has 0 aliphatic carbocycles. The highest BCUT2D eigenvalue weighted by molar-refractivity contribution is 6.31. The highest BCUT2D eigenvalue weighted by Gasteiger charge is 2.09. The van der Waals surface area contributed by atoms with Gasteiger partial charge in [0.15, 0.2) is 0 Å². The van der Waals surface area contributed by atoms with E-state index in [-0.39, 0.29) is 5.91 Å². The zero-order chi connectivity index (χ0) is 13.9. The molecule has 0 radical (unpaired) electrons. The van der Waals surface area contributed by atoms with Gasteiger partial charge in [-0.25, -0.2) is 0 Å². The van der Waals surface area contributed by atoms with Gasteiger partial charge in [0.05, 0.1) is 6.42 Å². The number of aromatic amines is 1. The van der Waals surface area contributed by atoms with Crippen molar-refractivity contribution < 1.29 is 4.79 Å². The molecule has 2 N–H and O–H groups in total. The van der Waals surface area contributed by atoms with E-state index >= 15 is 0 Å². The monoisotopic (exact) mass is 284 g/mol. The minimum atomic E-state index is -0.0351. The van der Waals surface area contributed by atoms with E-state index in [1.165, 1.54) is 0 Å². The van der Waals surface area contributed by atoms with Crippen LogP contribution in [0, 0.1) is 0 Å². The number of rotatable bonds is 3. The number of anilines is 1. The molecule has 0 aliphatic heterocycles. The Morgan fingerprint density at radius 1 is 1.15 bits per heavy atom. The van der Waals surface area contributed by atoms with E-state index in [2.05, 4.69) is 10.3 Å². The van der Waals surface area contributed by atoms with Gasteiger partial charge in [-0.15, -0.1) is 0 Å². The first-order valence-electron chi connectivity index (χ1n) is 6.33. The zero-order valence-electron chi connectivity index (χ0n) is 10.7.